The van der Waals surface area contributed by atoms with Gasteiger partial charge in [0.2, 0.25) is 0 Å². The number of urea groups is 1. The van der Waals surface area contributed by atoms with Gasteiger partial charge >= 0.3 is 12.0 Å². The third-order valence-corrected chi connectivity index (χ3v) is 2.77. The first-order chi connectivity index (χ1) is 8.93. The van der Waals surface area contributed by atoms with Crippen LogP contribution in [0.4, 0.5) is 14.9 Å². The Labute approximate surface area is 114 Å². The monoisotopic (exact) mass is 288 g/mol. The van der Waals surface area contributed by atoms with Gasteiger partial charge in [0, 0.05) is 11.6 Å². The molecule has 0 radical (unpaired) electrons. The summed E-state index contributed by atoms with van der Waals surface area (Å²) >= 11 is 5.58. The maximum atomic E-state index is 13.4. The van der Waals surface area contributed by atoms with Crippen LogP contribution in [0, 0.1) is 11.7 Å². The van der Waals surface area contributed by atoms with Gasteiger partial charge in [0.1, 0.15) is 5.82 Å². The molecular weight excluding hydrogens is 275 g/mol. The molecule has 0 heterocycles. The van der Waals surface area contributed by atoms with Crippen LogP contribution < -0.4 is 10.6 Å². The lowest BCUT2D eigenvalue weighted by molar-refractivity contribution is -0.141. The van der Waals surface area contributed by atoms with Crippen LogP contribution in [0.25, 0.3) is 0 Å². The zero-order valence-electron chi connectivity index (χ0n) is 10.2. The van der Waals surface area contributed by atoms with Gasteiger partial charge in [-0.05, 0) is 24.6 Å². The Bertz CT molecular complexity index is 482. The van der Waals surface area contributed by atoms with Crippen molar-refractivity contribution in [3.63, 3.8) is 0 Å². The maximum absolute atomic E-state index is 13.4. The number of nitrogens with one attached hydrogen (secondary N) is 2. The highest BCUT2D eigenvalue weighted by atomic mass is 35.5. The number of carboxylic acids is 1. The van der Waals surface area contributed by atoms with Crippen molar-refractivity contribution in [2.24, 2.45) is 5.92 Å². The van der Waals surface area contributed by atoms with Crippen molar-refractivity contribution in [3.05, 3.63) is 29.0 Å². The van der Waals surface area contributed by atoms with Crippen LogP contribution in [0.2, 0.25) is 5.02 Å². The van der Waals surface area contributed by atoms with Crippen LogP contribution in [-0.2, 0) is 4.79 Å². The molecule has 1 atom stereocenters. The molecule has 0 aliphatic carbocycles. The molecule has 1 rings (SSSR count). The number of anilines is 1. The van der Waals surface area contributed by atoms with E-state index in [-0.39, 0.29) is 17.3 Å². The zero-order chi connectivity index (χ0) is 14.4. The second-order valence-electron chi connectivity index (χ2n) is 3.90. The average Bonchev–Trinajstić information content (AvgIpc) is 2.33. The van der Waals surface area contributed by atoms with Crippen molar-refractivity contribution >= 4 is 29.3 Å². The highest BCUT2D eigenvalue weighted by Gasteiger charge is 2.16. The molecule has 0 saturated carbocycles. The molecule has 0 spiro atoms. The number of amides is 2. The molecule has 1 unspecified atom stereocenters. The molecule has 1 aromatic rings. The van der Waals surface area contributed by atoms with E-state index >= 15 is 0 Å². The molecule has 0 aliphatic heterocycles. The Balaban J connectivity index is 2.53. The maximum Gasteiger partial charge on any atom is 0.319 e. The highest BCUT2D eigenvalue weighted by molar-refractivity contribution is 6.30. The quantitative estimate of drug-likeness (QED) is 0.779. The predicted octanol–water partition coefficient (Wildman–Crippen LogP) is 2.71. The molecule has 5 nitrogen and oxygen atoms in total. The van der Waals surface area contributed by atoms with Crippen molar-refractivity contribution in [2.75, 3.05) is 11.9 Å². The van der Waals surface area contributed by atoms with E-state index in [1.54, 1.807) is 6.92 Å². The van der Waals surface area contributed by atoms with Crippen LogP contribution in [0.1, 0.15) is 13.3 Å². The summed E-state index contributed by atoms with van der Waals surface area (Å²) in [7, 11) is 0. The Morgan fingerprint density at radius 1 is 1.47 bits per heavy atom. The largest absolute Gasteiger partial charge is 0.481 e. The highest BCUT2D eigenvalue weighted by Crippen LogP contribution is 2.18. The summed E-state index contributed by atoms with van der Waals surface area (Å²) < 4.78 is 13.4. The van der Waals surface area contributed by atoms with Crippen LogP contribution in [-0.4, -0.2) is 23.7 Å². The molecular formula is C12H14ClFN2O3. The minimum Gasteiger partial charge on any atom is -0.481 e. The van der Waals surface area contributed by atoms with Gasteiger partial charge in [0.15, 0.2) is 0 Å². The van der Waals surface area contributed by atoms with E-state index in [0.29, 0.717) is 6.42 Å². The summed E-state index contributed by atoms with van der Waals surface area (Å²) in [6.45, 7) is 1.68. The Morgan fingerprint density at radius 3 is 2.68 bits per heavy atom. The second kappa shape index (κ2) is 6.94. The first-order valence-electron chi connectivity index (χ1n) is 5.66. The number of halogens is 2. The van der Waals surface area contributed by atoms with E-state index in [0.717, 1.165) is 6.07 Å². The van der Waals surface area contributed by atoms with Gasteiger partial charge in [-0.1, -0.05) is 18.5 Å². The van der Waals surface area contributed by atoms with E-state index in [9.17, 15) is 14.0 Å². The molecule has 2 amide bonds. The number of benzene rings is 1. The Kier molecular flexibility index (Phi) is 5.57. The van der Waals surface area contributed by atoms with Crippen molar-refractivity contribution in [2.45, 2.75) is 13.3 Å². The second-order valence-corrected chi connectivity index (χ2v) is 4.34. The molecule has 7 heteroatoms. The van der Waals surface area contributed by atoms with E-state index < -0.39 is 23.7 Å². The number of hydrogen-bond donors (Lipinski definition) is 3. The molecule has 0 aromatic heterocycles. The van der Waals surface area contributed by atoms with Crippen molar-refractivity contribution < 1.29 is 19.1 Å². The van der Waals surface area contributed by atoms with Gasteiger partial charge in [-0.2, -0.15) is 0 Å². The average molecular weight is 289 g/mol. The number of aliphatic carboxylic acids is 1. The van der Waals surface area contributed by atoms with E-state index in [4.69, 9.17) is 16.7 Å². The summed E-state index contributed by atoms with van der Waals surface area (Å²) in [5.74, 6) is -2.31. The lowest BCUT2D eigenvalue weighted by Crippen LogP contribution is -2.35. The van der Waals surface area contributed by atoms with Crippen molar-refractivity contribution in [1.82, 2.24) is 5.32 Å². The first-order valence-corrected chi connectivity index (χ1v) is 6.04. The fraction of sp³-hybridized carbons (Fsp3) is 0.333. The fourth-order valence-corrected chi connectivity index (χ4v) is 1.54. The number of rotatable bonds is 5. The summed E-state index contributed by atoms with van der Waals surface area (Å²) in [5, 5.41) is 13.7. The van der Waals surface area contributed by atoms with Crippen LogP contribution >= 0.6 is 11.6 Å². The summed E-state index contributed by atoms with van der Waals surface area (Å²) in [6, 6.07) is 3.17. The van der Waals surface area contributed by atoms with E-state index in [1.165, 1.54) is 12.1 Å². The van der Waals surface area contributed by atoms with Gasteiger partial charge in [-0.25, -0.2) is 9.18 Å². The van der Waals surface area contributed by atoms with Crippen molar-refractivity contribution in [3.8, 4) is 0 Å². The summed E-state index contributed by atoms with van der Waals surface area (Å²) in [5.41, 5.74) is -0.0229. The smallest absolute Gasteiger partial charge is 0.319 e. The number of carbonyl (C=O) groups excluding carboxylic acids is 1. The molecule has 19 heavy (non-hydrogen) atoms. The topological polar surface area (TPSA) is 78.4 Å². The normalized spacial score (nSPS) is 11.7. The van der Waals surface area contributed by atoms with Gasteiger partial charge in [0.25, 0.3) is 0 Å². The zero-order valence-corrected chi connectivity index (χ0v) is 11.0. The van der Waals surface area contributed by atoms with Gasteiger partial charge in [-0.15, -0.1) is 0 Å². The lowest BCUT2D eigenvalue weighted by Gasteiger charge is -2.12. The third kappa shape index (κ3) is 4.75. The summed E-state index contributed by atoms with van der Waals surface area (Å²) in [6.07, 6.45) is 0.394. The number of carbonyl (C=O) groups is 2. The first kappa shape index (κ1) is 15.2. The minimum absolute atomic E-state index is 0.0210. The molecule has 104 valence electrons. The molecule has 0 fully saturated rings. The fourth-order valence-electron chi connectivity index (χ4n) is 1.38. The van der Waals surface area contributed by atoms with Crippen LogP contribution in [0.5, 0.6) is 0 Å². The Hall–Kier alpha value is -1.82. The minimum atomic E-state index is -0.986. The molecule has 0 bridgehead atoms. The molecule has 0 aliphatic rings. The van der Waals surface area contributed by atoms with Crippen molar-refractivity contribution in [1.29, 1.82) is 0 Å². The Morgan fingerprint density at radius 2 is 2.16 bits per heavy atom. The van der Waals surface area contributed by atoms with E-state index in [1.807, 2.05) is 0 Å². The predicted molar refractivity (Wildman–Crippen MR) is 69.8 cm³/mol. The van der Waals surface area contributed by atoms with Gasteiger partial charge in [-0.3, -0.25) is 4.79 Å². The summed E-state index contributed by atoms with van der Waals surface area (Å²) in [4.78, 5) is 22.2. The number of hydrogen-bond acceptors (Lipinski definition) is 2. The van der Waals surface area contributed by atoms with Gasteiger partial charge < -0.3 is 15.7 Å². The van der Waals surface area contributed by atoms with E-state index in [2.05, 4.69) is 10.6 Å². The standard InChI is InChI=1S/C12H14ClFN2O3/c1-2-7(11(17)18)6-15-12(19)16-10-4-3-8(13)5-9(10)14/h3-5,7H,2,6H2,1H3,(H,17,18)(H2,15,16,19). The van der Waals surface area contributed by atoms with Crippen LogP contribution in [0.3, 0.4) is 0 Å². The third-order valence-electron chi connectivity index (χ3n) is 2.53. The molecule has 0 saturated heterocycles. The number of carboxylic acid groups (broad SMARTS) is 1. The van der Waals surface area contributed by atoms with Crippen LogP contribution in [0.15, 0.2) is 18.2 Å². The lowest BCUT2D eigenvalue weighted by atomic mass is 10.1. The van der Waals surface area contributed by atoms with Gasteiger partial charge in [0.05, 0.1) is 11.6 Å². The molecule has 3 N–H and O–H groups in total. The SMILES string of the molecule is CCC(CNC(=O)Nc1ccc(Cl)cc1F)C(=O)O. The molecule has 1 aromatic carbocycles.